The van der Waals surface area contributed by atoms with Crippen LogP contribution in [-0.4, -0.2) is 62.0 Å². The van der Waals surface area contributed by atoms with Gasteiger partial charge in [-0.25, -0.2) is 13.1 Å². The first-order valence-corrected chi connectivity index (χ1v) is 9.49. The Morgan fingerprint density at radius 1 is 1.52 bits per heavy atom. The molecule has 128 valence electrons. The maximum atomic E-state index is 12.4. The van der Waals surface area contributed by atoms with Crippen LogP contribution in [0.5, 0.6) is 0 Å². The Morgan fingerprint density at radius 3 is 2.96 bits per heavy atom. The van der Waals surface area contributed by atoms with E-state index < -0.39 is 15.6 Å². The van der Waals surface area contributed by atoms with Crippen molar-refractivity contribution in [2.45, 2.75) is 37.8 Å². The summed E-state index contributed by atoms with van der Waals surface area (Å²) in [5.41, 5.74) is 0.180. The van der Waals surface area contributed by atoms with Crippen molar-refractivity contribution in [3.8, 4) is 0 Å². The van der Waals surface area contributed by atoms with E-state index in [4.69, 9.17) is 9.26 Å². The minimum absolute atomic E-state index is 0.152. The average molecular weight is 343 g/mol. The van der Waals surface area contributed by atoms with Gasteiger partial charge >= 0.3 is 0 Å². The standard InChI is InChI=1S/C14H21N3O5S/c1-10-7-12(22-15-10)13(18)17-5-4-14(9-17)8-11(3-6-21-14)16-23(2,19)20/h7,11,16H,3-6,8-9H2,1-2H3/t11-,14-/m0/s1. The quantitative estimate of drug-likeness (QED) is 0.847. The van der Waals surface area contributed by atoms with Crippen LogP contribution in [0.2, 0.25) is 0 Å². The van der Waals surface area contributed by atoms with Crippen LogP contribution in [-0.2, 0) is 14.8 Å². The smallest absolute Gasteiger partial charge is 0.292 e. The summed E-state index contributed by atoms with van der Waals surface area (Å²) in [4.78, 5) is 14.1. The second-order valence-corrected chi connectivity index (χ2v) is 8.20. The molecule has 2 saturated heterocycles. The largest absolute Gasteiger partial charge is 0.373 e. The molecule has 0 bridgehead atoms. The van der Waals surface area contributed by atoms with Crippen molar-refractivity contribution in [2.75, 3.05) is 26.0 Å². The molecule has 1 aromatic rings. The van der Waals surface area contributed by atoms with E-state index in [9.17, 15) is 13.2 Å². The summed E-state index contributed by atoms with van der Waals surface area (Å²) in [5, 5.41) is 3.74. The zero-order valence-corrected chi connectivity index (χ0v) is 14.1. The van der Waals surface area contributed by atoms with Crippen LogP contribution in [0.4, 0.5) is 0 Å². The average Bonchev–Trinajstić information content (AvgIpc) is 3.04. The summed E-state index contributed by atoms with van der Waals surface area (Å²) >= 11 is 0. The molecule has 1 amide bonds. The monoisotopic (exact) mass is 343 g/mol. The summed E-state index contributed by atoms with van der Waals surface area (Å²) < 4.78 is 36.4. The maximum absolute atomic E-state index is 12.4. The van der Waals surface area contributed by atoms with Gasteiger partial charge in [0, 0.05) is 25.3 Å². The Bertz CT molecular complexity index is 701. The molecule has 0 radical (unpaired) electrons. The second kappa shape index (κ2) is 5.88. The molecule has 2 fully saturated rings. The van der Waals surface area contributed by atoms with Crippen LogP contribution >= 0.6 is 0 Å². The van der Waals surface area contributed by atoms with Crippen molar-refractivity contribution in [2.24, 2.45) is 0 Å². The van der Waals surface area contributed by atoms with Gasteiger partial charge in [0.1, 0.15) is 0 Å². The first-order chi connectivity index (χ1) is 10.8. The third kappa shape index (κ3) is 3.73. The maximum Gasteiger partial charge on any atom is 0.292 e. The van der Waals surface area contributed by atoms with Gasteiger partial charge < -0.3 is 14.2 Å². The molecule has 3 heterocycles. The van der Waals surface area contributed by atoms with Gasteiger partial charge in [-0.05, 0) is 26.2 Å². The van der Waals surface area contributed by atoms with Crippen LogP contribution in [0.15, 0.2) is 10.6 Å². The van der Waals surface area contributed by atoms with E-state index in [1.807, 2.05) is 0 Å². The Morgan fingerprint density at radius 2 is 2.30 bits per heavy atom. The first-order valence-electron chi connectivity index (χ1n) is 7.60. The fraction of sp³-hybridized carbons (Fsp3) is 0.714. The molecule has 3 rings (SSSR count). The Hall–Kier alpha value is -1.45. The van der Waals surface area contributed by atoms with E-state index in [0.29, 0.717) is 44.7 Å². The number of nitrogens with one attached hydrogen (secondary N) is 1. The highest BCUT2D eigenvalue weighted by Gasteiger charge is 2.45. The Labute approximate surface area is 135 Å². The third-order valence-electron chi connectivity index (χ3n) is 4.32. The minimum Gasteiger partial charge on any atom is -0.373 e. The molecule has 9 heteroatoms. The predicted octanol–water partition coefficient (Wildman–Crippen LogP) is 0.296. The fourth-order valence-electron chi connectivity index (χ4n) is 3.35. The number of likely N-dealkylation sites (tertiary alicyclic amines) is 1. The lowest BCUT2D eigenvalue weighted by molar-refractivity contribution is -0.0763. The molecule has 8 nitrogen and oxygen atoms in total. The summed E-state index contributed by atoms with van der Waals surface area (Å²) in [5.74, 6) is 0.0189. The lowest BCUT2D eigenvalue weighted by Crippen LogP contribution is -2.50. The van der Waals surface area contributed by atoms with Gasteiger partial charge in [-0.1, -0.05) is 5.16 Å². The van der Waals surface area contributed by atoms with Crippen molar-refractivity contribution >= 4 is 15.9 Å². The van der Waals surface area contributed by atoms with Crippen molar-refractivity contribution in [3.05, 3.63) is 17.5 Å². The highest BCUT2D eigenvalue weighted by atomic mass is 32.2. The third-order valence-corrected chi connectivity index (χ3v) is 5.08. The summed E-state index contributed by atoms with van der Waals surface area (Å²) in [7, 11) is -3.25. The number of aryl methyl sites for hydroxylation is 1. The Kier molecular flexibility index (Phi) is 4.19. The molecule has 1 aromatic heterocycles. The zero-order valence-electron chi connectivity index (χ0n) is 13.2. The number of nitrogens with zero attached hydrogens (tertiary/aromatic N) is 2. The number of ether oxygens (including phenoxy) is 1. The Balaban J connectivity index is 1.67. The van der Waals surface area contributed by atoms with Crippen LogP contribution in [0, 0.1) is 6.92 Å². The summed E-state index contributed by atoms with van der Waals surface area (Å²) in [6.45, 7) is 3.24. The predicted molar refractivity (Wildman–Crippen MR) is 81.4 cm³/mol. The van der Waals surface area contributed by atoms with Gasteiger partial charge in [0.05, 0.1) is 24.1 Å². The number of carbonyl (C=O) groups is 1. The number of hydrogen-bond donors (Lipinski definition) is 1. The molecule has 2 atom stereocenters. The number of aromatic nitrogens is 1. The molecule has 0 aliphatic carbocycles. The van der Waals surface area contributed by atoms with Crippen LogP contribution in [0.3, 0.4) is 0 Å². The molecule has 0 saturated carbocycles. The van der Waals surface area contributed by atoms with E-state index in [1.54, 1.807) is 17.9 Å². The van der Waals surface area contributed by atoms with E-state index in [-0.39, 0.29) is 17.7 Å². The molecule has 0 unspecified atom stereocenters. The normalized spacial score (nSPS) is 28.4. The highest BCUT2D eigenvalue weighted by Crippen LogP contribution is 2.35. The second-order valence-electron chi connectivity index (χ2n) is 6.42. The van der Waals surface area contributed by atoms with Crippen LogP contribution < -0.4 is 4.72 Å². The summed E-state index contributed by atoms with van der Waals surface area (Å²) in [6, 6.07) is 1.46. The molecule has 1 N–H and O–H groups in total. The fourth-order valence-corrected chi connectivity index (χ4v) is 4.16. The molecule has 1 spiro atoms. The number of sulfonamides is 1. The molecule has 0 aromatic carbocycles. The lowest BCUT2D eigenvalue weighted by Gasteiger charge is -2.38. The van der Waals surface area contributed by atoms with Gasteiger partial charge in [-0.15, -0.1) is 0 Å². The van der Waals surface area contributed by atoms with Crippen molar-refractivity contribution in [3.63, 3.8) is 0 Å². The van der Waals surface area contributed by atoms with Crippen molar-refractivity contribution in [1.82, 2.24) is 14.8 Å². The zero-order chi connectivity index (χ0) is 16.7. The molecule has 23 heavy (non-hydrogen) atoms. The van der Waals surface area contributed by atoms with E-state index >= 15 is 0 Å². The number of hydrogen-bond acceptors (Lipinski definition) is 6. The molecular formula is C14H21N3O5S. The molecule has 2 aliphatic heterocycles. The number of amides is 1. The van der Waals surface area contributed by atoms with E-state index in [2.05, 4.69) is 9.88 Å². The van der Waals surface area contributed by atoms with Crippen LogP contribution in [0.25, 0.3) is 0 Å². The molecular weight excluding hydrogens is 322 g/mol. The highest BCUT2D eigenvalue weighted by molar-refractivity contribution is 7.88. The van der Waals surface area contributed by atoms with Gasteiger partial charge in [-0.3, -0.25) is 4.79 Å². The van der Waals surface area contributed by atoms with Crippen molar-refractivity contribution in [1.29, 1.82) is 0 Å². The SMILES string of the molecule is Cc1cc(C(=O)N2CC[C@]3(C[C@@H](NS(C)(=O)=O)CCO3)C2)on1. The van der Waals surface area contributed by atoms with Gasteiger partial charge in [0.25, 0.3) is 5.91 Å². The minimum atomic E-state index is -3.25. The first kappa shape index (κ1) is 16.4. The molecule has 2 aliphatic rings. The van der Waals surface area contributed by atoms with Gasteiger partial charge in [0.15, 0.2) is 0 Å². The van der Waals surface area contributed by atoms with Gasteiger partial charge in [-0.2, -0.15) is 0 Å². The van der Waals surface area contributed by atoms with Crippen LogP contribution in [0.1, 0.15) is 35.5 Å². The lowest BCUT2D eigenvalue weighted by atomic mass is 9.90. The number of rotatable bonds is 3. The topological polar surface area (TPSA) is 102 Å². The van der Waals surface area contributed by atoms with E-state index in [0.717, 1.165) is 6.26 Å². The number of carbonyl (C=O) groups excluding carboxylic acids is 1. The van der Waals surface area contributed by atoms with E-state index in [1.165, 1.54) is 0 Å². The van der Waals surface area contributed by atoms with Crippen molar-refractivity contribution < 1.29 is 22.5 Å². The van der Waals surface area contributed by atoms with Gasteiger partial charge in [0.2, 0.25) is 15.8 Å². The summed E-state index contributed by atoms with van der Waals surface area (Å²) in [6.07, 6.45) is 3.06.